The van der Waals surface area contributed by atoms with Gasteiger partial charge in [-0.15, -0.1) is 0 Å². The Hall–Kier alpha value is -2.37. The first-order valence-electron chi connectivity index (χ1n) is 8.57. The maximum absolute atomic E-state index is 11.9. The van der Waals surface area contributed by atoms with Crippen LogP contribution < -0.4 is 10.6 Å². The third-order valence-electron chi connectivity index (χ3n) is 3.64. The van der Waals surface area contributed by atoms with Crippen molar-refractivity contribution in [3.63, 3.8) is 0 Å². The maximum Gasteiger partial charge on any atom is 0.251 e. The van der Waals surface area contributed by atoms with E-state index in [1.807, 2.05) is 30.3 Å². The Morgan fingerprint density at radius 2 is 1.65 bits per heavy atom. The standard InChI is InChI=1S/C20H23ClN2O3/c21-18-9-7-17(8-10-18)20(25)23-13-11-19(24)22-12-4-14-26-15-16-5-2-1-3-6-16/h1-3,5-10H,4,11-15H2,(H,22,24)(H,23,25). The molecule has 0 aliphatic carbocycles. The predicted octanol–water partition coefficient (Wildman–Crippen LogP) is 3.18. The highest BCUT2D eigenvalue weighted by molar-refractivity contribution is 6.30. The van der Waals surface area contributed by atoms with Crippen LogP contribution in [-0.4, -0.2) is 31.5 Å². The molecule has 6 heteroatoms. The van der Waals surface area contributed by atoms with Crippen molar-refractivity contribution in [2.75, 3.05) is 19.7 Å². The molecule has 0 heterocycles. The molecule has 2 amide bonds. The van der Waals surface area contributed by atoms with Crippen molar-refractivity contribution in [1.82, 2.24) is 10.6 Å². The van der Waals surface area contributed by atoms with Crippen molar-refractivity contribution >= 4 is 23.4 Å². The maximum atomic E-state index is 11.9. The predicted molar refractivity (Wildman–Crippen MR) is 102 cm³/mol. The summed E-state index contributed by atoms with van der Waals surface area (Å²) in [5.74, 6) is -0.312. The molecule has 138 valence electrons. The van der Waals surface area contributed by atoms with Crippen LogP contribution in [-0.2, 0) is 16.1 Å². The van der Waals surface area contributed by atoms with E-state index in [0.29, 0.717) is 30.3 Å². The number of nitrogens with one attached hydrogen (secondary N) is 2. The highest BCUT2D eigenvalue weighted by atomic mass is 35.5. The Morgan fingerprint density at radius 1 is 0.923 bits per heavy atom. The minimum Gasteiger partial charge on any atom is -0.377 e. The summed E-state index contributed by atoms with van der Waals surface area (Å²) in [6.07, 6.45) is 0.986. The minimum absolute atomic E-state index is 0.0931. The fourth-order valence-electron chi connectivity index (χ4n) is 2.25. The van der Waals surface area contributed by atoms with Crippen molar-refractivity contribution in [3.05, 3.63) is 70.7 Å². The van der Waals surface area contributed by atoms with E-state index < -0.39 is 0 Å². The molecule has 0 bridgehead atoms. The molecule has 2 aromatic carbocycles. The molecular formula is C20H23ClN2O3. The van der Waals surface area contributed by atoms with Crippen LogP contribution in [0.3, 0.4) is 0 Å². The second-order valence-corrected chi connectivity index (χ2v) is 6.19. The second kappa shape index (κ2) is 11.3. The van der Waals surface area contributed by atoms with Crippen molar-refractivity contribution in [3.8, 4) is 0 Å². The molecule has 0 atom stereocenters. The van der Waals surface area contributed by atoms with Gasteiger partial charge < -0.3 is 15.4 Å². The highest BCUT2D eigenvalue weighted by Crippen LogP contribution is 2.09. The molecule has 0 unspecified atom stereocenters. The number of ether oxygens (including phenoxy) is 1. The Balaban J connectivity index is 1.49. The van der Waals surface area contributed by atoms with Crippen LogP contribution in [0.4, 0.5) is 0 Å². The Kier molecular flexibility index (Phi) is 8.66. The first kappa shape index (κ1) is 19.9. The van der Waals surface area contributed by atoms with Crippen molar-refractivity contribution in [2.24, 2.45) is 0 Å². The van der Waals surface area contributed by atoms with Crippen molar-refractivity contribution in [2.45, 2.75) is 19.4 Å². The van der Waals surface area contributed by atoms with E-state index in [9.17, 15) is 9.59 Å². The molecule has 0 aliphatic heterocycles. The average molecular weight is 375 g/mol. The molecule has 2 rings (SSSR count). The Bertz CT molecular complexity index is 690. The largest absolute Gasteiger partial charge is 0.377 e. The summed E-state index contributed by atoms with van der Waals surface area (Å²) < 4.78 is 5.55. The first-order valence-corrected chi connectivity index (χ1v) is 8.95. The first-order chi connectivity index (χ1) is 12.6. The summed E-state index contributed by atoms with van der Waals surface area (Å²) in [4.78, 5) is 23.6. The molecule has 2 N–H and O–H groups in total. The third-order valence-corrected chi connectivity index (χ3v) is 3.90. The zero-order valence-corrected chi connectivity index (χ0v) is 15.3. The van der Waals surface area contributed by atoms with Gasteiger partial charge in [0, 0.05) is 36.7 Å². The minimum atomic E-state index is -0.219. The van der Waals surface area contributed by atoms with Gasteiger partial charge in [0.2, 0.25) is 5.91 Å². The summed E-state index contributed by atoms with van der Waals surface area (Å²) in [7, 11) is 0. The van der Waals surface area contributed by atoms with E-state index in [4.69, 9.17) is 16.3 Å². The summed E-state index contributed by atoms with van der Waals surface area (Å²) in [5.41, 5.74) is 1.65. The fraction of sp³-hybridized carbons (Fsp3) is 0.300. The van der Waals surface area contributed by atoms with Gasteiger partial charge in [0.25, 0.3) is 5.91 Å². The van der Waals surface area contributed by atoms with Crippen LogP contribution in [0.15, 0.2) is 54.6 Å². The van der Waals surface area contributed by atoms with Gasteiger partial charge in [0.15, 0.2) is 0 Å². The molecule has 0 aliphatic rings. The second-order valence-electron chi connectivity index (χ2n) is 5.75. The number of hydrogen-bond donors (Lipinski definition) is 2. The van der Waals surface area contributed by atoms with E-state index in [0.717, 1.165) is 12.0 Å². The number of benzene rings is 2. The van der Waals surface area contributed by atoms with E-state index in [2.05, 4.69) is 10.6 Å². The van der Waals surface area contributed by atoms with Gasteiger partial charge in [-0.3, -0.25) is 9.59 Å². The lowest BCUT2D eigenvalue weighted by atomic mass is 10.2. The van der Waals surface area contributed by atoms with Gasteiger partial charge in [-0.2, -0.15) is 0 Å². The summed E-state index contributed by atoms with van der Waals surface area (Å²) >= 11 is 5.78. The van der Waals surface area contributed by atoms with Crippen LogP contribution in [0, 0.1) is 0 Å². The molecule has 2 aromatic rings. The van der Waals surface area contributed by atoms with Gasteiger partial charge in [0.05, 0.1) is 6.61 Å². The lowest BCUT2D eigenvalue weighted by Crippen LogP contribution is -2.31. The third kappa shape index (κ3) is 7.68. The number of carbonyl (C=O) groups excluding carboxylic acids is 2. The zero-order valence-electron chi connectivity index (χ0n) is 14.5. The molecule has 0 spiro atoms. The van der Waals surface area contributed by atoms with E-state index in [1.54, 1.807) is 24.3 Å². The Labute approximate surface area is 158 Å². The van der Waals surface area contributed by atoms with Crippen molar-refractivity contribution < 1.29 is 14.3 Å². The number of rotatable bonds is 10. The van der Waals surface area contributed by atoms with E-state index in [1.165, 1.54) is 0 Å². The molecule has 0 saturated carbocycles. The zero-order chi connectivity index (χ0) is 18.6. The molecular weight excluding hydrogens is 352 g/mol. The number of halogens is 1. The lowest BCUT2D eigenvalue weighted by molar-refractivity contribution is -0.121. The van der Waals surface area contributed by atoms with E-state index in [-0.39, 0.29) is 24.8 Å². The molecule has 0 aromatic heterocycles. The summed E-state index contributed by atoms with van der Waals surface area (Å²) in [6, 6.07) is 16.6. The monoisotopic (exact) mass is 374 g/mol. The van der Waals surface area contributed by atoms with E-state index >= 15 is 0 Å². The van der Waals surface area contributed by atoms with Gasteiger partial charge in [-0.1, -0.05) is 41.9 Å². The molecule has 0 radical (unpaired) electrons. The van der Waals surface area contributed by atoms with Gasteiger partial charge >= 0.3 is 0 Å². The Morgan fingerprint density at radius 3 is 2.38 bits per heavy atom. The number of hydrogen-bond acceptors (Lipinski definition) is 3. The topological polar surface area (TPSA) is 67.4 Å². The SMILES string of the molecule is O=C(CCNC(=O)c1ccc(Cl)cc1)NCCCOCc1ccccc1. The van der Waals surface area contributed by atoms with Gasteiger partial charge in [0.1, 0.15) is 0 Å². The fourth-order valence-corrected chi connectivity index (χ4v) is 2.37. The van der Waals surface area contributed by atoms with Crippen LogP contribution in [0.2, 0.25) is 5.02 Å². The number of amides is 2. The summed E-state index contributed by atoms with van der Waals surface area (Å²) in [6.45, 7) is 2.00. The van der Waals surface area contributed by atoms with Crippen LogP contribution in [0.5, 0.6) is 0 Å². The quantitative estimate of drug-likeness (QED) is 0.627. The smallest absolute Gasteiger partial charge is 0.251 e. The molecule has 26 heavy (non-hydrogen) atoms. The lowest BCUT2D eigenvalue weighted by Gasteiger charge is -2.08. The summed E-state index contributed by atoms with van der Waals surface area (Å²) in [5, 5.41) is 6.10. The normalized spacial score (nSPS) is 10.3. The highest BCUT2D eigenvalue weighted by Gasteiger charge is 2.06. The van der Waals surface area contributed by atoms with Crippen LogP contribution in [0.1, 0.15) is 28.8 Å². The number of carbonyl (C=O) groups is 2. The molecule has 0 fully saturated rings. The average Bonchev–Trinajstić information content (AvgIpc) is 2.66. The van der Waals surface area contributed by atoms with Gasteiger partial charge in [-0.05, 0) is 36.2 Å². The molecule has 0 saturated heterocycles. The van der Waals surface area contributed by atoms with Gasteiger partial charge in [-0.25, -0.2) is 0 Å². The van der Waals surface area contributed by atoms with Crippen LogP contribution in [0.25, 0.3) is 0 Å². The van der Waals surface area contributed by atoms with Crippen molar-refractivity contribution in [1.29, 1.82) is 0 Å². The molecule has 5 nitrogen and oxygen atoms in total. The van der Waals surface area contributed by atoms with Crippen LogP contribution >= 0.6 is 11.6 Å².